The molecule has 1 fully saturated rings. The van der Waals surface area contributed by atoms with Gasteiger partial charge in [-0.2, -0.15) is 0 Å². The Morgan fingerprint density at radius 3 is 2.57 bits per heavy atom. The van der Waals surface area contributed by atoms with Crippen LogP contribution in [-0.2, 0) is 16.2 Å². The number of hydrogen-bond donors (Lipinski definition) is 0. The van der Waals surface area contributed by atoms with Crippen LogP contribution in [-0.4, -0.2) is 29.0 Å². The summed E-state index contributed by atoms with van der Waals surface area (Å²) in [5.41, 5.74) is 3.29. The molecule has 3 aromatic carbocycles. The number of carbonyl (C=O) groups is 2. The Balaban J connectivity index is 1.58. The summed E-state index contributed by atoms with van der Waals surface area (Å²) < 4.78 is 0. The van der Waals surface area contributed by atoms with E-state index in [2.05, 4.69) is 0 Å². The summed E-state index contributed by atoms with van der Waals surface area (Å²) in [7, 11) is 0. The number of halogens is 1. The second-order valence-corrected chi connectivity index (χ2v) is 9.08. The molecule has 0 bridgehead atoms. The smallest absolute Gasteiger partial charge is 0.268 e. The Morgan fingerprint density at radius 1 is 1.00 bits per heavy atom. The van der Waals surface area contributed by atoms with Crippen LogP contribution in [0.1, 0.15) is 21.5 Å². The topological polar surface area (TPSA) is 40.6 Å². The Labute approximate surface area is 184 Å². The van der Waals surface area contributed by atoms with Crippen molar-refractivity contribution in [1.29, 1.82) is 0 Å². The number of carbonyl (C=O) groups excluding carboxylic acids is 2. The molecule has 2 aliphatic heterocycles. The van der Waals surface area contributed by atoms with E-state index in [1.807, 2.05) is 54.6 Å². The van der Waals surface area contributed by atoms with Crippen molar-refractivity contribution < 1.29 is 9.59 Å². The molecule has 1 saturated heterocycles. The van der Waals surface area contributed by atoms with Crippen molar-refractivity contribution in [1.82, 2.24) is 4.90 Å². The van der Waals surface area contributed by atoms with E-state index in [1.165, 1.54) is 11.8 Å². The average Bonchev–Trinajstić information content (AvgIpc) is 3.31. The van der Waals surface area contributed by atoms with Crippen molar-refractivity contribution in [3.05, 3.63) is 101 Å². The molecule has 0 unspecified atom stereocenters. The van der Waals surface area contributed by atoms with Gasteiger partial charge in [0.2, 0.25) is 0 Å². The lowest BCUT2D eigenvalue weighted by atomic mass is 10.0. The lowest BCUT2D eigenvalue weighted by molar-refractivity contribution is -0.123. The second kappa shape index (κ2) is 7.49. The van der Waals surface area contributed by atoms with Gasteiger partial charge < -0.3 is 9.80 Å². The number of anilines is 1. The predicted molar refractivity (Wildman–Crippen MR) is 121 cm³/mol. The SMILES string of the molecule is O=C(c1cccc(Cl)c1)N1CCS[C@]12C(=O)N(Cc1ccccc1)c1ccccc12. The maximum absolute atomic E-state index is 13.9. The van der Waals surface area contributed by atoms with Crippen LogP contribution in [0.4, 0.5) is 5.69 Å². The highest BCUT2D eigenvalue weighted by molar-refractivity contribution is 8.01. The maximum Gasteiger partial charge on any atom is 0.268 e. The molecule has 30 heavy (non-hydrogen) atoms. The Kier molecular flexibility index (Phi) is 4.80. The molecule has 2 heterocycles. The summed E-state index contributed by atoms with van der Waals surface area (Å²) in [6, 6.07) is 24.6. The van der Waals surface area contributed by atoms with Gasteiger partial charge in [-0.1, -0.05) is 66.2 Å². The summed E-state index contributed by atoms with van der Waals surface area (Å²) in [4.78, 5) is 29.8. The number of fused-ring (bicyclic) bond motifs is 2. The first-order chi connectivity index (χ1) is 14.6. The van der Waals surface area contributed by atoms with Crippen LogP contribution in [0.2, 0.25) is 5.02 Å². The molecule has 6 heteroatoms. The summed E-state index contributed by atoms with van der Waals surface area (Å²) in [5, 5.41) is 0.505. The van der Waals surface area contributed by atoms with Gasteiger partial charge in [0.1, 0.15) is 0 Å². The third-order valence-electron chi connectivity index (χ3n) is 5.60. The van der Waals surface area contributed by atoms with Crippen molar-refractivity contribution in [3.63, 3.8) is 0 Å². The van der Waals surface area contributed by atoms with E-state index in [1.54, 1.807) is 34.1 Å². The van der Waals surface area contributed by atoms with Crippen LogP contribution in [0.25, 0.3) is 0 Å². The summed E-state index contributed by atoms with van der Waals surface area (Å²) in [6.07, 6.45) is 0. The minimum absolute atomic E-state index is 0.0644. The Morgan fingerprint density at radius 2 is 1.77 bits per heavy atom. The van der Waals surface area contributed by atoms with Crippen LogP contribution in [0.3, 0.4) is 0 Å². The van der Waals surface area contributed by atoms with Gasteiger partial charge in [0, 0.05) is 28.4 Å². The molecule has 1 atom stereocenters. The van der Waals surface area contributed by atoms with Gasteiger partial charge in [0.15, 0.2) is 4.87 Å². The van der Waals surface area contributed by atoms with Gasteiger partial charge in [0.25, 0.3) is 11.8 Å². The number of thioether (sulfide) groups is 1. The normalized spacial score (nSPS) is 20.1. The molecule has 1 spiro atoms. The van der Waals surface area contributed by atoms with Gasteiger partial charge in [-0.05, 0) is 29.8 Å². The van der Waals surface area contributed by atoms with E-state index >= 15 is 0 Å². The summed E-state index contributed by atoms with van der Waals surface area (Å²) in [5.74, 6) is 0.462. The minimum atomic E-state index is -1.04. The Bertz CT molecular complexity index is 1140. The zero-order valence-electron chi connectivity index (χ0n) is 16.1. The molecular formula is C24H19ClN2O2S. The highest BCUT2D eigenvalue weighted by atomic mass is 35.5. The molecule has 5 rings (SSSR count). The van der Waals surface area contributed by atoms with E-state index in [0.29, 0.717) is 29.4 Å². The molecular weight excluding hydrogens is 416 g/mol. The highest BCUT2D eigenvalue weighted by Gasteiger charge is 2.59. The number of hydrogen-bond acceptors (Lipinski definition) is 3. The van der Waals surface area contributed by atoms with Crippen LogP contribution in [0.5, 0.6) is 0 Å². The van der Waals surface area contributed by atoms with Gasteiger partial charge in [-0.15, -0.1) is 11.8 Å². The average molecular weight is 435 g/mol. The lowest BCUT2D eigenvalue weighted by Gasteiger charge is -2.33. The first-order valence-corrected chi connectivity index (χ1v) is 11.1. The van der Waals surface area contributed by atoms with E-state index in [-0.39, 0.29) is 11.8 Å². The quantitative estimate of drug-likeness (QED) is 0.587. The monoisotopic (exact) mass is 434 g/mol. The van der Waals surface area contributed by atoms with Crippen molar-refractivity contribution in [2.45, 2.75) is 11.4 Å². The van der Waals surface area contributed by atoms with E-state index in [4.69, 9.17) is 11.6 Å². The van der Waals surface area contributed by atoms with Crippen LogP contribution in [0.15, 0.2) is 78.9 Å². The number of benzene rings is 3. The fourth-order valence-electron chi connectivity index (χ4n) is 4.27. The molecule has 4 nitrogen and oxygen atoms in total. The van der Waals surface area contributed by atoms with Crippen molar-refractivity contribution >= 4 is 40.9 Å². The van der Waals surface area contributed by atoms with Crippen molar-refractivity contribution in [2.75, 3.05) is 17.2 Å². The van der Waals surface area contributed by atoms with Gasteiger partial charge in [0.05, 0.1) is 12.2 Å². The summed E-state index contributed by atoms with van der Waals surface area (Å²) >= 11 is 7.65. The summed E-state index contributed by atoms with van der Waals surface area (Å²) in [6.45, 7) is 0.980. The number of nitrogens with zero attached hydrogens (tertiary/aromatic N) is 2. The molecule has 0 aliphatic carbocycles. The van der Waals surface area contributed by atoms with Crippen LogP contribution in [0, 0.1) is 0 Å². The first-order valence-electron chi connectivity index (χ1n) is 9.78. The fourth-order valence-corrected chi connectivity index (χ4v) is 5.92. The molecule has 0 saturated carbocycles. The number of amides is 2. The molecule has 2 aliphatic rings. The predicted octanol–water partition coefficient (Wildman–Crippen LogP) is 4.93. The van der Waals surface area contributed by atoms with Crippen molar-refractivity contribution in [2.24, 2.45) is 0 Å². The third kappa shape index (κ3) is 2.92. The lowest BCUT2D eigenvalue weighted by Crippen LogP contribution is -2.50. The standard InChI is InChI=1S/C24H19ClN2O2S/c25-19-10-6-9-18(15-19)22(28)27-13-14-30-24(27)20-11-4-5-12-21(20)26(23(24)29)16-17-7-2-1-3-8-17/h1-12,15H,13-14,16H2/t24-/m1/s1. The first kappa shape index (κ1) is 19.2. The molecule has 3 aromatic rings. The second-order valence-electron chi connectivity index (χ2n) is 7.35. The molecule has 0 aromatic heterocycles. The Hall–Kier alpha value is -2.76. The maximum atomic E-state index is 13.9. The van der Waals surface area contributed by atoms with Gasteiger partial charge >= 0.3 is 0 Å². The third-order valence-corrected chi connectivity index (χ3v) is 7.26. The molecule has 150 valence electrons. The fraction of sp³-hybridized carbons (Fsp3) is 0.167. The highest BCUT2D eigenvalue weighted by Crippen LogP contribution is 2.54. The van der Waals surface area contributed by atoms with Crippen molar-refractivity contribution in [3.8, 4) is 0 Å². The minimum Gasteiger partial charge on any atom is -0.311 e. The van der Waals surface area contributed by atoms with E-state index < -0.39 is 4.87 Å². The molecule has 0 radical (unpaired) electrons. The van der Waals surface area contributed by atoms with Gasteiger partial charge in [-0.25, -0.2) is 0 Å². The van der Waals surface area contributed by atoms with Crippen LogP contribution >= 0.6 is 23.4 Å². The molecule has 0 N–H and O–H groups in total. The zero-order valence-corrected chi connectivity index (χ0v) is 17.7. The van der Waals surface area contributed by atoms with E-state index in [9.17, 15) is 9.59 Å². The number of rotatable bonds is 3. The molecule has 2 amide bonds. The number of para-hydroxylation sites is 1. The van der Waals surface area contributed by atoms with Gasteiger partial charge in [-0.3, -0.25) is 9.59 Å². The largest absolute Gasteiger partial charge is 0.311 e. The zero-order chi connectivity index (χ0) is 20.7. The van der Waals surface area contributed by atoms with E-state index in [0.717, 1.165) is 16.8 Å². The van der Waals surface area contributed by atoms with Crippen LogP contribution < -0.4 is 4.90 Å².